The lowest BCUT2D eigenvalue weighted by Gasteiger charge is -2.30. The van der Waals surface area contributed by atoms with E-state index >= 15 is 0 Å². The Labute approximate surface area is 93.2 Å². The van der Waals surface area contributed by atoms with Crippen LogP contribution in [0.15, 0.2) is 22.9 Å². The van der Waals surface area contributed by atoms with Crippen molar-refractivity contribution in [3.05, 3.63) is 28.5 Å². The average molecular weight is 258 g/mol. The van der Waals surface area contributed by atoms with Gasteiger partial charge in [-0.15, -0.1) is 0 Å². The van der Waals surface area contributed by atoms with E-state index in [0.29, 0.717) is 0 Å². The maximum Gasteiger partial charge on any atom is 0.0523 e. The summed E-state index contributed by atoms with van der Waals surface area (Å²) in [4.78, 5) is 4.12. The number of halogens is 1. The van der Waals surface area contributed by atoms with Gasteiger partial charge in [0.1, 0.15) is 0 Å². The summed E-state index contributed by atoms with van der Waals surface area (Å²) in [5.74, 6) is 5.55. The first-order valence-electron chi connectivity index (χ1n) is 4.51. The van der Waals surface area contributed by atoms with Crippen LogP contribution in [0.2, 0.25) is 0 Å². The molecular weight excluding hydrogens is 242 g/mol. The first-order chi connectivity index (χ1) is 6.45. The van der Waals surface area contributed by atoms with E-state index < -0.39 is 0 Å². The van der Waals surface area contributed by atoms with E-state index in [9.17, 15) is 0 Å². The summed E-state index contributed by atoms with van der Waals surface area (Å²) in [6.07, 6.45) is 3.60. The number of pyridine rings is 1. The molecule has 0 aliphatic rings. The quantitative estimate of drug-likeness (QED) is 0.632. The van der Waals surface area contributed by atoms with Crippen molar-refractivity contribution in [3.8, 4) is 0 Å². The van der Waals surface area contributed by atoms with Crippen LogP contribution in [0.25, 0.3) is 0 Å². The highest BCUT2D eigenvalue weighted by molar-refractivity contribution is 9.10. The molecule has 1 rings (SSSR count). The van der Waals surface area contributed by atoms with Crippen LogP contribution in [-0.2, 0) is 0 Å². The summed E-state index contributed by atoms with van der Waals surface area (Å²) in [6.45, 7) is 6.41. The van der Waals surface area contributed by atoms with Crippen molar-refractivity contribution < 1.29 is 0 Å². The highest BCUT2D eigenvalue weighted by atomic mass is 79.9. The second-order valence-corrected chi connectivity index (χ2v) is 5.32. The summed E-state index contributed by atoms with van der Waals surface area (Å²) in [5, 5.41) is 0. The van der Waals surface area contributed by atoms with Crippen LogP contribution in [0.4, 0.5) is 0 Å². The third-order valence-corrected chi connectivity index (χ3v) is 2.53. The highest BCUT2D eigenvalue weighted by Crippen LogP contribution is 2.32. The maximum atomic E-state index is 5.55. The highest BCUT2D eigenvalue weighted by Gasteiger charge is 2.25. The smallest absolute Gasteiger partial charge is 0.0523 e. The first kappa shape index (κ1) is 11.6. The minimum absolute atomic E-state index is 0.0667. The predicted molar refractivity (Wildman–Crippen MR) is 61.5 cm³/mol. The second kappa shape index (κ2) is 4.38. The Balaban J connectivity index is 3.01. The maximum absolute atomic E-state index is 5.55. The Morgan fingerprint density at radius 1 is 1.43 bits per heavy atom. The fourth-order valence-electron chi connectivity index (χ4n) is 1.43. The molecule has 1 unspecified atom stereocenters. The molecule has 0 aliphatic carbocycles. The number of hydrogen-bond acceptors (Lipinski definition) is 3. The molecule has 1 aromatic heterocycles. The second-order valence-electron chi connectivity index (χ2n) is 4.40. The molecule has 78 valence electrons. The van der Waals surface area contributed by atoms with Crippen LogP contribution in [0.1, 0.15) is 32.4 Å². The molecule has 0 saturated heterocycles. The molecule has 3 nitrogen and oxygen atoms in total. The summed E-state index contributed by atoms with van der Waals surface area (Å²) in [6, 6.07) is 2.13. The number of nitrogens with zero attached hydrogens (tertiary/aromatic N) is 1. The fraction of sp³-hybridized carbons (Fsp3) is 0.500. The van der Waals surface area contributed by atoms with Gasteiger partial charge in [0.05, 0.1) is 6.04 Å². The number of nitrogens with two attached hydrogens (primary N) is 1. The summed E-state index contributed by atoms with van der Waals surface area (Å²) in [5.41, 5.74) is 3.98. The molecule has 0 radical (unpaired) electrons. The Bertz CT molecular complexity index is 306. The largest absolute Gasteiger partial charge is 0.271 e. The Kier molecular flexibility index (Phi) is 3.64. The van der Waals surface area contributed by atoms with Crippen LogP contribution < -0.4 is 11.3 Å². The van der Waals surface area contributed by atoms with Gasteiger partial charge in [-0.3, -0.25) is 16.3 Å². The zero-order valence-corrected chi connectivity index (χ0v) is 10.3. The van der Waals surface area contributed by atoms with Crippen molar-refractivity contribution in [1.82, 2.24) is 10.4 Å². The van der Waals surface area contributed by atoms with Crippen LogP contribution in [0, 0.1) is 5.41 Å². The van der Waals surface area contributed by atoms with Crippen molar-refractivity contribution in [2.75, 3.05) is 0 Å². The number of nitrogens with one attached hydrogen (secondary N) is 1. The predicted octanol–water partition coefficient (Wildman–Crippen LogP) is 2.39. The zero-order valence-electron chi connectivity index (χ0n) is 8.71. The standard InChI is InChI=1S/C10H16BrN3/c1-10(2,3)9(14-12)7-4-8(11)6-13-5-7/h4-6,9,14H,12H2,1-3H3. The van der Waals surface area contributed by atoms with Gasteiger partial charge in [0.2, 0.25) is 0 Å². The van der Waals surface area contributed by atoms with E-state index in [-0.39, 0.29) is 11.5 Å². The molecule has 0 amide bonds. The van der Waals surface area contributed by atoms with E-state index in [1.807, 2.05) is 12.3 Å². The molecule has 1 atom stereocenters. The summed E-state index contributed by atoms with van der Waals surface area (Å²) in [7, 11) is 0. The third kappa shape index (κ3) is 2.77. The molecule has 1 aromatic rings. The molecule has 0 aromatic carbocycles. The molecule has 0 fully saturated rings. The molecule has 1 heterocycles. The molecule has 0 saturated carbocycles. The molecule has 3 N–H and O–H groups in total. The van der Waals surface area contributed by atoms with Gasteiger partial charge in [0, 0.05) is 16.9 Å². The lowest BCUT2D eigenvalue weighted by atomic mass is 9.83. The lowest BCUT2D eigenvalue weighted by molar-refractivity contribution is 0.275. The minimum Gasteiger partial charge on any atom is -0.271 e. The normalized spacial score (nSPS) is 14.1. The van der Waals surface area contributed by atoms with Gasteiger partial charge in [-0.2, -0.15) is 0 Å². The number of aromatic nitrogens is 1. The Morgan fingerprint density at radius 3 is 2.50 bits per heavy atom. The number of hydrogen-bond donors (Lipinski definition) is 2. The molecule has 0 spiro atoms. The lowest BCUT2D eigenvalue weighted by Crippen LogP contribution is -2.36. The van der Waals surface area contributed by atoms with Gasteiger partial charge in [0.25, 0.3) is 0 Å². The van der Waals surface area contributed by atoms with Crippen molar-refractivity contribution in [2.24, 2.45) is 11.3 Å². The van der Waals surface area contributed by atoms with Crippen LogP contribution in [-0.4, -0.2) is 4.98 Å². The van der Waals surface area contributed by atoms with Gasteiger partial charge < -0.3 is 0 Å². The van der Waals surface area contributed by atoms with Crippen LogP contribution >= 0.6 is 15.9 Å². The minimum atomic E-state index is 0.0667. The molecule has 0 bridgehead atoms. The molecule has 4 heteroatoms. The van der Waals surface area contributed by atoms with Crippen molar-refractivity contribution in [2.45, 2.75) is 26.8 Å². The van der Waals surface area contributed by atoms with Gasteiger partial charge in [-0.25, -0.2) is 0 Å². The van der Waals surface area contributed by atoms with Crippen molar-refractivity contribution in [1.29, 1.82) is 0 Å². The average Bonchev–Trinajstić information content (AvgIpc) is 2.02. The molecule has 0 aliphatic heterocycles. The van der Waals surface area contributed by atoms with Crippen molar-refractivity contribution >= 4 is 15.9 Å². The van der Waals surface area contributed by atoms with E-state index in [4.69, 9.17) is 5.84 Å². The summed E-state index contributed by atoms with van der Waals surface area (Å²) < 4.78 is 0.972. The summed E-state index contributed by atoms with van der Waals surface area (Å²) >= 11 is 3.40. The zero-order chi connectivity index (χ0) is 10.8. The van der Waals surface area contributed by atoms with E-state index in [2.05, 4.69) is 47.1 Å². The SMILES string of the molecule is CC(C)(C)C(NN)c1cncc(Br)c1. The van der Waals surface area contributed by atoms with E-state index in [1.54, 1.807) is 6.20 Å². The Hall–Kier alpha value is -0.450. The monoisotopic (exact) mass is 257 g/mol. The van der Waals surface area contributed by atoms with Gasteiger partial charge in [-0.1, -0.05) is 20.8 Å². The third-order valence-electron chi connectivity index (χ3n) is 2.09. The first-order valence-corrected chi connectivity index (χ1v) is 5.31. The van der Waals surface area contributed by atoms with Gasteiger partial charge in [0.15, 0.2) is 0 Å². The van der Waals surface area contributed by atoms with Gasteiger partial charge in [-0.05, 0) is 33.0 Å². The number of hydrazine groups is 1. The topological polar surface area (TPSA) is 50.9 Å². The van der Waals surface area contributed by atoms with Crippen molar-refractivity contribution in [3.63, 3.8) is 0 Å². The van der Waals surface area contributed by atoms with Crippen LogP contribution in [0.5, 0.6) is 0 Å². The van der Waals surface area contributed by atoms with E-state index in [0.717, 1.165) is 10.0 Å². The molecular formula is C10H16BrN3. The molecule has 14 heavy (non-hydrogen) atoms. The van der Waals surface area contributed by atoms with E-state index in [1.165, 1.54) is 0 Å². The van der Waals surface area contributed by atoms with Crippen LogP contribution in [0.3, 0.4) is 0 Å². The fourth-order valence-corrected chi connectivity index (χ4v) is 1.81. The Morgan fingerprint density at radius 2 is 2.07 bits per heavy atom. The number of rotatable bonds is 2. The van der Waals surface area contributed by atoms with Gasteiger partial charge >= 0.3 is 0 Å².